The molecular formula is C15H23ClN2O. The molecule has 106 valence electrons. The lowest BCUT2D eigenvalue weighted by atomic mass is 9.92. The van der Waals surface area contributed by atoms with Crippen molar-refractivity contribution < 1.29 is 4.79 Å². The van der Waals surface area contributed by atoms with Crippen molar-refractivity contribution in [3.8, 4) is 0 Å². The molecule has 0 aromatic heterocycles. The average molecular weight is 283 g/mol. The Morgan fingerprint density at radius 3 is 2.79 bits per heavy atom. The van der Waals surface area contributed by atoms with Crippen LogP contribution in [0.3, 0.4) is 0 Å². The smallest absolute Gasteiger partial charge is 0.227 e. The average Bonchev–Trinajstić information content (AvgIpc) is 2.35. The van der Waals surface area contributed by atoms with Gasteiger partial charge in [0.15, 0.2) is 0 Å². The predicted octanol–water partition coefficient (Wildman–Crippen LogP) is 3.05. The molecule has 0 spiro atoms. The number of hydrogen-bond acceptors (Lipinski definition) is 2. The quantitative estimate of drug-likeness (QED) is 0.875. The number of carbonyl (C=O) groups excluding carboxylic acids is 1. The molecule has 1 aromatic rings. The van der Waals surface area contributed by atoms with Gasteiger partial charge in [0.05, 0.1) is 0 Å². The van der Waals surface area contributed by atoms with E-state index in [0.717, 1.165) is 30.6 Å². The molecule has 2 atom stereocenters. The highest BCUT2D eigenvalue weighted by molar-refractivity contribution is 5.93. The molecule has 1 aromatic carbocycles. The van der Waals surface area contributed by atoms with E-state index in [4.69, 9.17) is 0 Å². The van der Waals surface area contributed by atoms with E-state index in [1.165, 1.54) is 5.56 Å². The molecule has 0 radical (unpaired) electrons. The fraction of sp³-hybridized carbons (Fsp3) is 0.533. The SMILES string of the molecule is Cc1cccc(NC(=O)[C@H]2CCN[C@@H](C)C2)c1C.Cl. The van der Waals surface area contributed by atoms with E-state index < -0.39 is 0 Å². The van der Waals surface area contributed by atoms with Gasteiger partial charge >= 0.3 is 0 Å². The zero-order valence-electron chi connectivity index (χ0n) is 11.8. The zero-order chi connectivity index (χ0) is 13.1. The van der Waals surface area contributed by atoms with Crippen LogP contribution in [0.2, 0.25) is 0 Å². The maximum atomic E-state index is 12.2. The molecule has 19 heavy (non-hydrogen) atoms. The van der Waals surface area contributed by atoms with Gasteiger partial charge in [-0.25, -0.2) is 0 Å². The standard InChI is InChI=1S/C15H22N2O.ClH/c1-10-5-4-6-14(12(10)3)17-15(18)13-7-8-16-11(2)9-13;/h4-6,11,13,16H,7-9H2,1-3H3,(H,17,18);1H/t11-,13-;/m0./s1. The van der Waals surface area contributed by atoms with Crippen molar-refractivity contribution in [2.45, 2.75) is 39.7 Å². The first-order chi connectivity index (χ1) is 8.58. The third kappa shape index (κ3) is 3.95. The van der Waals surface area contributed by atoms with Crippen molar-refractivity contribution >= 4 is 24.0 Å². The summed E-state index contributed by atoms with van der Waals surface area (Å²) in [5.41, 5.74) is 3.32. The maximum Gasteiger partial charge on any atom is 0.227 e. The van der Waals surface area contributed by atoms with Crippen molar-refractivity contribution in [2.75, 3.05) is 11.9 Å². The number of piperidine rings is 1. The number of carbonyl (C=O) groups is 1. The summed E-state index contributed by atoms with van der Waals surface area (Å²) in [6.45, 7) is 7.19. The van der Waals surface area contributed by atoms with Crippen molar-refractivity contribution in [3.05, 3.63) is 29.3 Å². The lowest BCUT2D eigenvalue weighted by Crippen LogP contribution is -2.40. The van der Waals surface area contributed by atoms with Crippen molar-refractivity contribution in [2.24, 2.45) is 5.92 Å². The Kier molecular flexibility index (Phi) is 5.83. The Morgan fingerprint density at radius 2 is 2.11 bits per heavy atom. The second-order valence-corrected chi connectivity index (χ2v) is 5.31. The number of amides is 1. The van der Waals surface area contributed by atoms with Gasteiger partial charge in [0.2, 0.25) is 5.91 Å². The van der Waals surface area contributed by atoms with Crippen LogP contribution in [-0.2, 0) is 4.79 Å². The first-order valence-electron chi connectivity index (χ1n) is 6.68. The molecule has 1 amide bonds. The lowest BCUT2D eigenvalue weighted by Gasteiger charge is -2.27. The normalized spacial score (nSPS) is 22.5. The molecule has 0 aliphatic carbocycles. The van der Waals surface area contributed by atoms with Gasteiger partial charge in [-0.05, 0) is 57.4 Å². The molecule has 1 aliphatic heterocycles. The van der Waals surface area contributed by atoms with Gasteiger partial charge in [0, 0.05) is 17.6 Å². The molecule has 2 rings (SSSR count). The Labute approximate surface area is 121 Å². The molecule has 1 aliphatic rings. The number of halogens is 1. The van der Waals surface area contributed by atoms with Crippen LogP contribution in [0.4, 0.5) is 5.69 Å². The molecule has 2 N–H and O–H groups in total. The van der Waals surface area contributed by atoms with Gasteiger partial charge in [0.1, 0.15) is 0 Å². The summed E-state index contributed by atoms with van der Waals surface area (Å²) in [5.74, 6) is 0.304. The second kappa shape index (κ2) is 6.92. The molecule has 1 saturated heterocycles. The number of hydrogen-bond donors (Lipinski definition) is 2. The van der Waals surface area contributed by atoms with Crippen molar-refractivity contribution in [1.82, 2.24) is 5.32 Å². The Balaban J connectivity index is 0.00000180. The highest BCUT2D eigenvalue weighted by Crippen LogP contribution is 2.22. The van der Waals surface area contributed by atoms with E-state index in [1.54, 1.807) is 0 Å². The highest BCUT2D eigenvalue weighted by atomic mass is 35.5. The van der Waals surface area contributed by atoms with Gasteiger partial charge in [-0.15, -0.1) is 12.4 Å². The molecule has 4 heteroatoms. The largest absolute Gasteiger partial charge is 0.326 e. The maximum absolute atomic E-state index is 12.2. The highest BCUT2D eigenvalue weighted by Gasteiger charge is 2.24. The van der Waals surface area contributed by atoms with Crippen LogP contribution in [0, 0.1) is 19.8 Å². The van der Waals surface area contributed by atoms with Crippen LogP contribution < -0.4 is 10.6 Å². The predicted molar refractivity (Wildman–Crippen MR) is 82.0 cm³/mol. The van der Waals surface area contributed by atoms with E-state index >= 15 is 0 Å². The number of aryl methyl sites for hydroxylation is 1. The van der Waals surface area contributed by atoms with Crippen LogP contribution in [0.1, 0.15) is 30.9 Å². The number of nitrogens with one attached hydrogen (secondary N) is 2. The van der Waals surface area contributed by atoms with Crippen molar-refractivity contribution in [1.29, 1.82) is 0 Å². The van der Waals surface area contributed by atoms with Crippen LogP contribution in [0.5, 0.6) is 0 Å². The van der Waals surface area contributed by atoms with Gasteiger partial charge in [-0.1, -0.05) is 12.1 Å². The van der Waals surface area contributed by atoms with Crippen LogP contribution in [0.25, 0.3) is 0 Å². The van der Waals surface area contributed by atoms with Crippen molar-refractivity contribution in [3.63, 3.8) is 0 Å². The minimum absolute atomic E-state index is 0. The summed E-state index contributed by atoms with van der Waals surface area (Å²) in [7, 11) is 0. The third-order valence-electron chi connectivity index (χ3n) is 3.86. The minimum atomic E-state index is 0. The van der Waals surface area contributed by atoms with E-state index in [1.807, 2.05) is 12.1 Å². The van der Waals surface area contributed by atoms with Gasteiger partial charge in [0.25, 0.3) is 0 Å². The summed E-state index contributed by atoms with van der Waals surface area (Å²) in [6, 6.07) is 6.47. The fourth-order valence-electron chi connectivity index (χ4n) is 2.49. The Morgan fingerprint density at radius 1 is 1.37 bits per heavy atom. The summed E-state index contributed by atoms with van der Waals surface area (Å²) in [6.07, 6.45) is 1.86. The van der Waals surface area contributed by atoms with Gasteiger partial charge in [-0.3, -0.25) is 4.79 Å². The molecule has 0 bridgehead atoms. The molecule has 0 saturated carbocycles. The number of anilines is 1. The second-order valence-electron chi connectivity index (χ2n) is 5.31. The minimum Gasteiger partial charge on any atom is -0.326 e. The molecule has 3 nitrogen and oxygen atoms in total. The van der Waals surface area contributed by atoms with Crippen LogP contribution in [0.15, 0.2) is 18.2 Å². The van der Waals surface area contributed by atoms with E-state index in [2.05, 4.69) is 37.5 Å². The summed E-state index contributed by atoms with van der Waals surface area (Å²) < 4.78 is 0. The fourth-order valence-corrected chi connectivity index (χ4v) is 2.49. The first kappa shape index (κ1) is 16.0. The van der Waals surface area contributed by atoms with Gasteiger partial charge < -0.3 is 10.6 Å². The zero-order valence-corrected chi connectivity index (χ0v) is 12.6. The number of rotatable bonds is 2. The topological polar surface area (TPSA) is 41.1 Å². The summed E-state index contributed by atoms with van der Waals surface area (Å²) in [4.78, 5) is 12.2. The summed E-state index contributed by atoms with van der Waals surface area (Å²) >= 11 is 0. The molecule has 1 heterocycles. The summed E-state index contributed by atoms with van der Waals surface area (Å²) in [5, 5.41) is 6.45. The Bertz CT molecular complexity index is 448. The van der Waals surface area contributed by atoms with Crippen LogP contribution >= 0.6 is 12.4 Å². The molecule has 0 unspecified atom stereocenters. The van der Waals surface area contributed by atoms with Gasteiger partial charge in [-0.2, -0.15) is 0 Å². The first-order valence-corrected chi connectivity index (χ1v) is 6.68. The lowest BCUT2D eigenvalue weighted by molar-refractivity contribution is -0.120. The third-order valence-corrected chi connectivity index (χ3v) is 3.86. The molecule has 1 fully saturated rings. The van der Waals surface area contributed by atoms with E-state index in [0.29, 0.717) is 6.04 Å². The van der Waals surface area contributed by atoms with E-state index in [-0.39, 0.29) is 24.2 Å². The Hall–Kier alpha value is -1.06. The van der Waals surface area contributed by atoms with E-state index in [9.17, 15) is 4.79 Å². The monoisotopic (exact) mass is 282 g/mol. The number of benzene rings is 1. The molecular weight excluding hydrogens is 260 g/mol. The van der Waals surface area contributed by atoms with Crippen LogP contribution in [-0.4, -0.2) is 18.5 Å².